The standard InChI is InChI=1S/C14H11Cl2NO2/c1-19-8-5-6-9(11(16)7-8)14(18)13-10(15)3-2-4-12(13)17/h2-7H,17H2,1H3. The molecule has 2 rings (SSSR count). The second kappa shape index (κ2) is 5.51. The van der Waals surface area contributed by atoms with E-state index in [1.807, 2.05) is 0 Å². The van der Waals surface area contributed by atoms with Crippen LogP contribution in [0.2, 0.25) is 10.0 Å². The second-order valence-corrected chi connectivity index (χ2v) is 4.69. The Morgan fingerprint density at radius 3 is 2.47 bits per heavy atom. The number of benzene rings is 2. The third kappa shape index (κ3) is 2.67. The molecule has 0 unspecified atom stereocenters. The van der Waals surface area contributed by atoms with Gasteiger partial charge in [0.25, 0.3) is 0 Å². The van der Waals surface area contributed by atoms with Crippen molar-refractivity contribution in [1.82, 2.24) is 0 Å². The minimum atomic E-state index is -0.309. The molecule has 0 aliphatic carbocycles. The molecule has 5 heteroatoms. The summed E-state index contributed by atoms with van der Waals surface area (Å²) in [5, 5.41) is 0.598. The van der Waals surface area contributed by atoms with Crippen LogP contribution in [-0.2, 0) is 0 Å². The predicted molar refractivity (Wildman–Crippen MR) is 77.3 cm³/mol. The zero-order chi connectivity index (χ0) is 14.0. The van der Waals surface area contributed by atoms with Crippen LogP contribution < -0.4 is 10.5 Å². The molecule has 2 N–H and O–H groups in total. The van der Waals surface area contributed by atoms with E-state index >= 15 is 0 Å². The van der Waals surface area contributed by atoms with E-state index in [2.05, 4.69) is 0 Å². The third-order valence-corrected chi connectivity index (χ3v) is 3.32. The number of ketones is 1. The average Bonchev–Trinajstić information content (AvgIpc) is 2.38. The van der Waals surface area contributed by atoms with Gasteiger partial charge < -0.3 is 10.5 Å². The molecule has 0 saturated heterocycles. The first-order chi connectivity index (χ1) is 9.04. The highest BCUT2D eigenvalue weighted by atomic mass is 35.5. The number of hydrogen-bond acceptors (Lipinski definition) is 3. The molecule has 0 heterocycles. The number of anilines is 1. The maximum absolute atomic E-state index is 12.4. The predicted octanol–water partition coefficient (Wildman–Crippen LogP) is 3.82. The second-order valence-electron chi connectivity index (χ2n) is 3.88. The monoisotopic (exact) mass is 295 g/mol. The van der Waals surface area contributed by atoms with Gasteiger partial charge in [-0.25, -0.2) is 0 Å². The van der Waals surface area contributed by atoms with Crippen molar-refractivity contribution in [3.63, 3.8) is 0 Å². The Kier molecular flexibility index (Phi) is 3.98. The van der Waals surface area contributed by atoms with Crippen LogP contribution >= 0.6 is 23.2 Å². The van der Waals surface area contributed by atoms with Gasteiger partial charge in [-0.1, -0.05) is 29.3 Å². The van der Waals surface area contributed by atoms with Crippen molar-refractivity contribution in [2.45, 2.75) is 0 Å². The Hall–Kier alpha value is -1.71. The molecule has 0 fully saturated rings. The molecule has 3 nitrogen and oxygen atoms in total. The van der Waals surface area contributed by atoms with Gasteiger partial charge >= 0.3 is 0 Å². The number of nitrogens with two attached hydrogens (primary N) is 1. The Bertz CT molecular complexity index is 621. The van der Waals surface area contributed by atoms with Gasteiger partial charge in [-0.3, -0.25) is 4.79 Å². The molecule has 2 aromatic carbocycles. The van der Waals surface area contributed by atoms with Gasteiger partial charge in [0.15, 0.2) is 5.78 Å². The number of carbonyl (C=O) groups is 1. The van der Waals surface area contributed by atoms with E-state index in [1.165, 1.54) is 7.11 Å². The van der Waals surface area contributed by atoms with Crippen molar-refractivity contribution in [1.29, 1.82) is 0 Å². The largest absolute Gasteiger partial charge is 0.497 e. The topological polar surface area (TPSA) is 52.3 Å². The Balaban J connectivity index is 2.51. The Labute approximate surface area is 120 Å². The summed E-state index contributed by atoms with van der Waals surface area (Å²) in [6.07, 6.45) is 0. The Morgan fingerprint density at radius 2 is 1.89 bits per heavy atom. The van der Waals surface area contributed by atoms with Crippen molar-refractivity contribution in [2.75, 3.05) is 12.8 Å². The molecule has 0 aliphatic rings. The van der Waals surface area contributed by atoms with Gasteiger partial charge in [0, 0.05) is 11.3 Å². The lowest BCUT2D eigenvalue weighted by Gasteiger charge is -2.09. The van der Waals surface area contributed by atoms with Crippen molar-refractivity contribution in [3.05, 3.63) is 57.6 Å². The minimum absolute atomic E-state index is 0.260. The molecule has 0 atom stereocenters. The van der Waals surface area contributed by atoms with Crippen LogP contribution in [0.5, 0.6) is 5.75 Å². The maximum atomic E-state index is 12.4. The molecule has 0 spiro atoms. The zero-order valence-electron chi connectivity index (χ0n) is 10.1. The van der Waals surface area contributed by atoms with Crippen LogP contribution in [0.25, 0.3) is 0 Å². The summed E-state index contributed by atoms with van der Waals surface area (Å²) < 4.78 is 5.04. The van der Waals surface area contributed by atoms with Crippen LogP contribution in [0, 0.1) is 0 Å². The summed E-state index contributed by atoms with van der Waals surface area (Å²) in [4.78, 5) is 12.4. The zero-order valence-corrected chi connectivity index (χ0v) is 11.6. The first-order valence-corrected chi connectivity index (χ1v) is 6.22. The highest BCUT2D eigenvalue weighted by Crippen LogP contribution is 2.29. The lowest BCUT2D eigenvalue weighted by Crippen LogP contribution is -2.07. The van der Waals surface area contributed by atoms with Gasteiger partial charge in [0.05, 0.1) is 22.7 Å². The number of methoxy groups -OCH3 is 1. The highest BCUT2D eigenvalue weighted by Gasteiger charge is 2.18. The van der Waals surface area contributed by atoms with Crippen molar-refractivity contribution < 1.29 is 9.53 Å². The highest BCUT2D eigenvalue weighted by molar-refractivity contribution is 6.39. The molecular weight excluding hydrogens is 285 g/mol. The number of carbonyl (C=O) groups excluding carboxylic acids is 1. The maximum Gasteiger partial charge on any atom is 0.198 e. The van der Waals surface area contributed by atoms with Crippen molar-refractivity contribution in [2.24, 2.45) is 0 Å². The van der Waals surface area contributed by atoms with Gasteiger partial charge in [-0.05, 0) is 30.3 Å². The SMILES string of the molecule is COc1ccc(C(=O)c2c(N)cccc2Cl)c(Cl)c1. The van der Waals surface area contributed by atoms with E-state index in [-0.39, 0.29) is 11.3 Å². The molecule has 2 aromatic rings. The number of hydrogen-bond donors (Lipinski definition) is 1. The molecular formula is C14H11Cl2NO2. The normalized spacial score (nSPS) is 10.3. The molecule has 0 amide bonds. The van der Waals surface area contributed by atoms with Crippen LogP contribution in [-0.4, -0.2) is 12.9 Å². The summed E-state index contributed by atoms with van der Waals surface area (Å²) in [6, 6.07) is 9.74. The quantitative estimate of drug-likeness (QED) is 0.692. The van der Waals surface area contributed by atoms with Crippen molar-refractivity contribution >= 4 is 34.7 Å². The van der Waals surface area contributed by atoms with Crippen molar-refractivity contribution in [3.8, 4) is 5.75 Å². The van der Waals surface area contributed by atoms with E-state index in [1.54, 1.807) is 36.4 Å². The molecule has 19 heavy (non-hydrogen) atoms. The first kappa shape index (κ1) is 13.7. The van der Waals surface area contributed by atoms with Gasteiger partial charge in [-0.15, -0.1) is 0 Å². The number of ether oxygens (including phenoxy) is 1. The molecule has 0 bridgehead atoms. The van der Waals surface area contributed by atoms with Gasteiger partial charge in [-0.2, -0.15) is 0 Å². The van der Waals surface area contributed by atoms with Crippen LogP contribution in [0.15, 0.2) is 36.4 Å². The van der Waals surface area contributed by atoms with Crippen LogP contribution in [0.4, 0.5) is 5.69 Å². The summed E-state index contributed by atoms with van der Waals surface area (Å²) in [7, 11) is 1.53. The number of rotatable bonds is 3. The molecule has 0 saturated carbocycles. The minimum Gasteiger partial charge on any atom is -0.497 e. The summed E-state index contributed by atoms with van der Waals surface area (Å²) in [5.74, 6) is 0.268. The number of halogens is 2. The van der Waals surface area contributed by atoms with E-state index < -0.39 is 0 Å². The van der Waals surface area contributed by atoms with Gasteiger partial charge in [0.1, 0.15) is 5.75 Å². The van der Waals surface area contributed by atoms with E-state index in [9.17, 15) is 4.79 Å². The fraction of sp³-hybridized carbons (Fsp3) is 0.0714. The molecule has 0 aliphatic heterocycles. The lowest BCUT2D eigenvalue weighted by molar-refractivity contribution is 0.104. The summed E-state index contributed by atoms with van der Waals surface area (Å²) >= 11 is 12.1. The average molecular weight is 296 g/mol. The van der Waals surface area contributed by atoms with E-state index in [4.69, 9.17) is 33.7 Å². The Morgan fingerprint density at radius 1 is 1.16 bits per heavy atom. The molecule has 98 valence electrons. The van der Waals surface area contributed by atoms with Crippen LogP contribution in [0.3, 0.4) is 0 Å². The van der Waals surface area contributed by atoms with E-state index in [0.717, 1.165) is 0 Å². The molecule has 0 aromatic heterocycles. The van der Waals surface area contributed by atoms with Crippen LogP contribution in [0.1, 0.15) is 15.9 Å². The number of nitrogen functional groups attached to an aromatic ring is 1. The van der Waals surface area contributed by atoms with E-state index in [0.29, 0.717) is 27.0 Å². The summed E-state index contributed by atoms with van der Waals surface area (Å²) in [6.45, 7) is 0. The fourth-order valence-electron chi connectivity index (χ4n) is 1.72. The fourth-order valence-corrected chi connectivity index (χ4v) is 2.25. The summed E-state index contributed by atoms with van der Waals surface area (Å²) in [5.41, 5.74) is 6.71. The smallest absolute Gasteiger partial charge is 0.198 e. The lowest BCUT2D eigenvalue weighted by atomic mass is 10.0. The molecule has 0 radical (unpaired) electrons. The third-order valence-electron chi connectivity index (χ3n) is 2.69. The van der Waals surface area contributed by atoms with Gasteiger partial charge in [0.2, 0.25) is 0 Å². The first-order valence-electron chi connectivity index (χ1n) is 5.47.